The summed E-state index contributed by atoms with van der Waals surface area (Å²) in [6.07, 6.45) is 2.14. The van der Waals surface area contributed by atoms with Crippen LogP contribution in [0.3, 0.4) is 0 Å². The second-order valence-electron chi connectivity index (χ2n) is 6.35. The summed E-state index contributed by atoms with van der Waals surface area (Å²) in [6.45, 7) is 2.33. The summed E-state index contributed by atoms with van der Waals surface area (Å²) in [6, 6.07) is 14.9. The van der Waals surface area contributed by atoms with Gasteiger partial charge in [0.2, 0.25) is 5.13 Å². The fraction of sp³-hybridized carbons (Fsp3) is 0.263. The zero-order chi connectivity index (χ0) is 16.4. The Labute approximate surface area is 145 Å². The summed E-state index contributed by atoms with van der Waals surface area (Å²) >= 11 is 1.60. The number of anilines is 1. The Morgan fingerprint density at radius 2 is 1.88 bits per heavy atom. The van der Waals surface area contributed by atoms with Crippen LogP contribution < -0.4 is 10.3 Å². The number of quaternary nitrogens is 1. The molecule has 1 aromatic heterocycles. The molecule has 0 spiro atoms. The molecule has 2 aromatic carbocycles. The highest BCUT2D eigenvalue weighted by atomic mass is 32.1. The van der Waals surface area contributed by atoms with Gasteiger partial charge in [-0.2, -0.15) is 5.10 Å². The van der Waals surface area contributed by atoms with E-state index < -0.39 is 0 Å². The van der Waals surface area contributed by atoms with E-state index in [9.17, 15) is 0 Å². The molecule has 1 saturated heterocycles. The van der Waals surface area contributed by atoms with Crippen LogP contribution >= 0.6 is 11.3 Å². The van der Waals surface area contributed by atoms with Crippen molar-refractivity contribution in [3.63, 3.8) is 0 Å². The van der Waals surface area contributed by atoms with Crippen LogP contribution in [0.4, 0.5) is 5.13 Å². The third-order valence-corrected chi connectivity index (χ3v) is 5.29. The minimum atomic E-state index is 0.858. The third-order valence-electron chi connectivity index (χ3n) is 4.54. The molecule has 1 aliphatic heterocycles. The number of piperidine rings is 1. The van der Waals surface area contributed by atoms with Crippen molar-refractivity contribution < 1.29 is 4.90 Å². The van der Waals surface area contributed by atoms with E-state index in [0.717, 1.165) is 29.2 Å². The van der Waals surface area contributed by atoms with Crippen LogP contribution in [0.5, 0.6) is 0 Å². The van der Waals surface area contributed by atoms with Crippen LogP contribution in [0.1, 0.15) is 12.8 Å². The minimum absolute atomic E-state index is 0.858. The van der Waals surface area contributed by atoms with Crippen molar-refractivity contribution in [2.75, 3.05) is 25.6 Å². The summed E-state index contributed by atoms with van der Waals surface area (Å²) in [4.78, 5) is 6.27. The molecular weight excluding hydrogens is 316 g/mol. The van der Waals surface area contributed by atoms with Gasteiger partial charge < -0.3 is 4.90 Å². The topological polar surface area (TPSA) is 41.7 Å². The van der Waals surface area contributed by atoms with Gasteiger partial charge in [0, 0.05) is 29.5 Å². The van der Waals surface area contributed by atoms with Crippen molar-refractivity contribution in [3.05, 3.63) is 47.8 Å². The van der Waals surface area contributed by atoms with Gasteiger partial charge in [-0.25, -0.2) is 4.98 Å². The number of fused-ring (bicyclic) bond motifs is 1. The fourth-order valence-electron chi connectivity index (χ4n) is 3.01. The van der Waals surface area contributed by atoms with E-state index in [0.29, 0.717) is 0 Å². The number of hydrazone groups is 1. The normalized spacial score (nSPS) is 17.9. The van der Waals surface area contributed by atoms with Crippen LogP contribution in [0.15, 0.2) is 52.9 Å². The summed E-state index contributed by atoms with van der Waals surface area (Å²) in [5, 5.41) is 9.99. The highest BCUT2D eigenvalue weighted by molar-refractivity contribution is 7.14. The standard InChI is InChI=1S/C19H20N4S/c1-23-10-8-17(9-11-23)21-22-19-20-18(13-24-19)16-7-6-14-4-2-3-5-15(14)12-16/h2-7,12-13H,8-11H2,1H3,(H,20,22)/p+1. The molecule has 2 N–H and O–H groups in total. The van der Waals surface area contributed by atoms with Crippen LogP contribution in [-0.4, -0.2) is 30.8 Å². The summed E-state index contributed by atoms with van der Waals surface area (Å²) in [5.74, 6) is 0. The largest absolute Gasteiger partial charge is 0.337 e. The molecule has 0 aliphatic carbocycles. The second-order valence-corrected chi connectivity index (χ2v) is 7.20. The molecule has 1 aliphatic rings. The second kappa shape index (κ2) is 6.71. The first-order valence-corrected chi connectivity index (χ1v) is 9.23. The maximum atomic E-state index is 4.68. The fourth-order valence-corrected chi connectivity index (χ4v) is 3.67. The zero-order valence-corrected chi connectivity index (χ0v) is 14.6. The van der Waals surface area contributed by atoms with Crippen LogP contribution in [0.25, 0.3) is 22.0 Å². The number of aromatic nitrogens is 1. The number of thiazole rings is 1. The maximum Gasteiger partial charge on any atom is 0.203 e. The van der Waals surface area contributed by atoms with E-state index in [1.54, 1.807) is 16.2 Å². The maximum absolute atomic E-state index is 4.68. The highest BCUT2D eigenvalue weighted by Gasteiger charge is 2.14. The lowest BCUT2D eigenvalue weighted by Crippen LogP contribution is -3.10. The van der Waals surface area contributed by atoms with Crippen LogP contribution in [-0.2, 0) is 0 Å². The lowest BCUT2D eigenvalue weighted by Gasteiger charge is -2.20. The minimum Gasteiger partial charge on any atom is -0.337 e. The number of nitrogens with zero attached hydrogens (tertiary/aromatic N) is 2. The Kier molecular flexibility index (Phi) is 4.28. The number of nitrogens with one attached hydrogen (secondary N) is 2. The predicted molar refractivity (Wildman–Crippen MR) is 102 cm³/mol. The Morgan fingerprint density at radius 3 is 2.71 bits per heavy atom. The molecule has 4 rings (SSSR count). The molecule has 24 heavy (non-hydrogen) atoms. The van der Waals surface area contributed by atoms with E-state index >= 15 is 0 Å². The molecule has 5 heteroatoms. The molecule has 0 atom stereocenters. The van der Waals surface area contributed by atoms with E-state index in [2.05, 4.69) is 70.4 Å². The quantitative estimate of drug-likeness (QED) is 0.721. The van der Waals surface area contributed by atoms with Gasteiger partial charge in [-0.1, -0.05) is 36.4 Å². The summed E-state index contributed by atoms with van der Waals surface area (Å²) in [7, 11) is 2.24. The van der Waals surface area contributed by atoms with E-state index in [1.807, 2.05) is 0 Å². The number of rotatable bonds is 3. The third kappa shape index (κ3) is 3.32. The number of hydrogen-bond donors (Lipinski definition) is 2. The monoisotopic (exact) mass is 337 g/mol. The Bertz CT molecular complexity index is 874. The SMILES string of the molecule is C[NH+]1CCC(=NNc2nc(-c3ccc4ccccc4c3)cs2)CC1. The number of hydrogen-bond acceptors (Lipinski definition) is 4. The van der Waals surface area contributed by atoms with Crippen molar-refractivity contribution in [2.24, 2.45) is 5.10 Å². The Balaban J connectivity index is 1.50. The Hall–Kier alpha value is -2.24. The van der Waals surface area contributed by atoms with Crippen molar-refractivity contribution >= 4 is 33.0 Å². The van der Waals surface area contributed by atoms with Crippen molar-refractivity contribution in [3.8, 4) is 11.3 Å². The molecule has 122 valence electrons. The average molecular weight is 337 g/mol. The molecule has 3 aromatic rings. The lowest BCUT2D eigenvalue weighted by molar-refractivity contribution is -0.880. The van der Waals surface area contributed by atoms with Gasteiger partial charge in [0.25, 0.3) is 0 Å². The van der Waals surface area contributed by atoms with E-state index in [4.69, 9.17) is 0 Å². The Morgan fingerprint density at radius 1 is 1.08 bits per heavy atom. The molecule has 0 saturated carbocycles. The molecule has 0 bridgehead atoms. The lowest BCUT2D eigenvalue weighted by atomic mass is 10.1. The molecule has 0 amide bonds. The van der Waals surface area contributed by atoms with Gasteiger partial charge in [0.1, 0.15) is 0 Å². The van der Waals surface area contributed by atoms with Gasteiger partial charge >= 0.3 is 0 Å². The number of benzene rings is 2. The van der Waals surface area contributed by atoms with E-state index in [1.165, 1.54) is 29.6 Å². The van der Waals surface area contributed by atoms with E-state index in [-0.39, 0.29) is 0 Å². The van der Waals surface area contributed by atoms with Crippen LogP contribution in [0.2, 0.25) is 0 Å². The molecule has 0 unspecified atom stereocenters. The summed E-state index contributed by atoms with van der Waals surface area (Å²) in [5.41, 5.74) is 6.54. The van der Waals surface area contributed by atoms with Crippen molar-refractivity contribution in [1.29, 1.82) is 0 Å². The predicted octanol–water partition coefficient (Wildman–Crippen LogP) is 3.04. The molecule has 1 fully saturated rings. The molecular formula is C19H21N4S+. The first-order valence-electron chi connectivity index (χ1n) is 8.35. The smallest absolute Gasteiger partial charge is 0.203 e. The van der Waals surface area contributed by atoms with Crippen molar-refractivity contribution in [1.82, 2.24) is 4.98 Å². The van der Waals surface area contributed by atoms with Gasteiger partial charge in [-0.3, -0.25) is 5.43 Å². The van der Waals surface area contributed by atoms with Crippen molar-refractivity contribution in [2.45, 2.75) is 12.8 Å². The first kappa shape index (κ1) is 15.3. The van der Waals surface area contributed by atoms with Gasteiger partial charge in [0.15, 0.2) is 0 Å². The molecule has 0 radical (unpaired) electrons. The van der Waals surface area contributed by atoms with Crippen LogP contribution in [0, 0.1) is 0 Å². The highest BCUT2D eigenvalue weighted by Crippen LogP contribution is 2.27. The van der Waals surface area contributed by atoms with Gasteiger partial charge in [0.05, 0.1) is 25.8 Å². The molecule has 2 heterocycles. The first-order chi connectivity index (χ1) is 11.8. The van der Waals surface area contributed by atoms with Gasteiger partial charge in [-0.15, -0.1) is 11.3 Å². The molecule has 4 nitrogen and oxygen atoms in total. The number of likely N-dealkylation sites (tertiary alicyclic amines) is 1. The van der Waals surface area contributed by atoms with Gasteiger partial charge in [-0.05, 0) is 16.8 Å². The average Bonchev–Trinajstić information content (AvgIpc) is 3.10. The zero-order valence-electron chi connectivity index (χ0n) is 13.7. The summed E-state index contributed by atoms with van der Waals surface area (Å²) < 4.78 is 0.